The standard InChI is InChI=1S/C21H22N4O3/c1-3-24-10-22-15-9-14(6-7-16(15)24)23-19(26)11(2)25-20(27)17-12-4-5-13(8-12)18(17)21(25)28/h4-7,9-13,17-18H,3,8H2,1-2H3,(H,23,26)/t11-,12-,13-,17-,18+/m0/s1. The third-order valence-corrected chi connectivity index (χ3v) is 6.50. The average molecular weight is 378 g/mol. The number of rotatable bonds is 4. The first-order chi connectivity index (χ1) is 13.5. The fraction of sp³-hybridized carbons (Fsp3) is 0.429. The second-order valence-corrected chi connectivity index (χ2v) is 7.95. The van der Waals surface area contributed by atoms with Crippen molar-refractivity contribution < 1.29 is 14.4 Å². The van der Waals surface area contributed by atoms with Crippen LogP contribution in [0, 0.1) is 23.7 Å². The number of imide groups is 1. The summed E-state index contributed by atoms with van der Waals surface area (Å²) in [5.74, 6) is -1.06. The lowest BCUT2D eigenvalue weighted by atomic mass is 9.85. The van der Waals surface area contributed by atoms with E-state index in [0.29, 0.717) is 5.69 Å². The number of hydrogen-bond donors (Lipinski definition) is 1. The highest BCUT2D eigenvalue weighted by molar-refractivity contribution is 6.10. The summed E-state index contributed by atoms with van der Waals surface area (Å²) >= 11 is 0. The van der Waals surface area contributed by atoms with Crippen molar-refractivity contribution in [2.45, 2.75) is 32.9 Å². The van der Waals surface area contributed by atoms with E-state index in [9.17, 15) is 14.4 Å². The smallest absolute Gasteiger partial charge is 0.247 e. The first kappa shape index (κ1) is 17.2. The zero-order chi connectivity index (χ0) is 19.6. The van der Waals surface area contributed by atoms with Crippen LogP contribution in [0.3, 0.4) is 0 Å². The summed E-state index contributed by atoms with van der Waals surface area (Å²) in [6.45, 7) is 4.48. The van der Waals surface area contributed by atoms with Crippen LogP contribution in [0.15, 0.2) is 36.7 Å². The van der Waals surface area contributed by atoms with Gasteiger partial charge in [0.2, 0.25) is 17.7 Å². The topological polar surface area (TPSA) is 84.3 Å². The first-order valence-electron chi connectivity index (χ1n) is 9.80. The second-order valence-electron chi connectivity index (χ2n) is 7.95. The van der Waals surface area contributed by atoms with Gasteiger partial charge in [-0.25, -0.2) is 4.98 Å². The quantitative estimate of drug-likeness (QED) is 0.653. The highest BCUT2D eigenvalue weighted by Crippen LogP contribution is 2.52. The van der Waals surface area contributed by atoms with E-state index in [0.717, 1.165) is 24.0 Å². The minimum Gasteiger partial charge on any atom is -0.331 e. The van der Waals surface area contributed by atoms with Gasteiger partial charge < -0.3 is 9.88 Å². The molecule has 0 radical (unpaired) electrons. The molecule has 1 saturated heterocycles. The monoisotopic (exact) mass is 378 g/mol. The van der Waals surface area contributed by atoms with Gasteiger partial charge in [0.15, 0.2) is 0 Å². The summed E-state index contributed by atoms with van der Waals surface area (Å²) in [7, 11) is 0. The molecular weight excluding hydrogens is 356 g/mol. The molecule has 28 heavy (non-hydrogen) atoms. The van der Waals surface area contributed by atoms with Gasteiger partial charge >= 0.3 is 0 Å². The number of hydrogen-bond acceptors (Lipinski definition) is 4. The number of amides is 3. The van der Waals surface area contributed by atoms with Gasteiger partial charge in [-0.15, -0.1) is 0 Å². The number of aromatic nitrogens is 2. The lowest BCUT2D eigenvalue weighted by Crippen LogP contribution is -2.46. The number of likely N-dealkylation sites (tertiary alicyclic amines) is 1. The molecule has 0 unspecified atom stereocenters. The van der Waals surface area contributed by atoms with Crippen molar-refractivity contribution >= 4 is 34.4 Å². The Morgan fingerprint density at radius 2 is 1.89 bits per heavy atom. The third kappa shape index (κ3) is 2.28. The number of nitrogens with zero attached hydrogens (tertiary/aromatic N) is 3. The van der Waals surface area contributed by atoms with Crippen molar-refractivity contribution in [1.82, 2.24) is 14.5 Å². The van der Waals surface area contributed by atoms with Gasteiger partial charge in [0.25, 0.3) is 0 Å². The molecule has 3 amide bonds. The first-order valence-corrected chi connectivity index (χ1v) is 9.80. The molecule has 7 nitrogen and oxygen atoms in total. The van der Waals surface area contributed by atoms with Crippen LogP contribution < -0.4 is 5.32 Å². The third-order valence-electron chi connectivity index (χ3n) is 6.50. The van der Waals surface area contributed by atoms with Gasteiger partial charge in [-0.3, -0.25) is 19.3 Å². The molecule has 3 aliphatic rings. The molecule has 2 heterocycles. The fourth-order valence-electron chi connectivity index (χ4n) is 5.06. The van der Waals surface area contributed by atoms with Crippen molar-refractivity contribution in [1.29, 1.82) is 0 Å². The van der Waals surface area contributed by atoms with E-state index in [1.165, 1.54) is 4.90 Å². The van der Waals surface area contributed by atoms with Crippen LogP contribution in [0.5, 0.6) is 0 Å². The SMILES string of the molecule is CCn1cnc2cc(NC(=O)[C@H](C)N3C(=O)[C@@H]4[C@H](C3=O)[C@H]3C=C[C@H]4C3)ccc21. The maximum Gasteiger partial charge on any atom is 0.247 e. The Hall–Kier alpha value is -2.96. The maximum absolute atomic E-state index is 12.9. The van der Waals surface area contributed by atoms with Crippen LogP contribution >= 0.6 is 0 Å². The normalized spacial score (nSPS) is 29.0. The Labute approximate surface area is 162 Å². The highest BCUT2D eigenvalue weighted by Gasteiger charge is 2.60. The molecule has 1 aliphatic heterocycles. The number of fused-ring (bicyclic) bond motifs is 6. The van der Waals surface area contributed by atoms with Crippen LogP contribution in [0.2, 0.25) is 0 Å². The minimum atomic E-state index is -0.839. The van der Waals surface area contributed by atoms with E-state index in [2.05, 4.69) is 22.5 Å². The number of imidazole rings is 1. The Balaban J connectivity index is 1.34. The van der Waals surface area contributed by atoms with Crippen molar-refractivity contribution in [3.8, 4) is 0 Å². The summed E-state index contributed by atoms with van der Waals surface area (Å²) in [6, 6.07) is 4.69. The molecule has 2 fully saturated rings. The lowest BCUT2D eigenvalue weighted by Gasteiger charge is -2.23. The molecule has 5 atom stereocenters. The molecule has 5 rings (SSSR count). The van der Waals surface area contributed by atoms with Gasteiger partial charge in [-0.1, -0.05) is 12.2 Å². The number of aryl methyl sites for hydroxylation is 1. The predicted octanol–water partition coefficient (Wildman–Crippen LogP) is 2.19. The molecule has 2 aliphatic carbocycles. The number of anilines is 1. The van der Waals surface area contributed by atoms with Gasteiger partial charge in [0.05, 0.1) is 29.2 Å². The van der Waals surface area contributed by atoms with Gasteiger partial charge in [-0.2, -0.15) is 0 Å². The molecule has 1 saturated carbocycles. The molecule has 144 valence electrons. The largest absolute Gasteiger partial charge is 0.331 e. The van der Waals surface area contributed by atoms with E-state index in [4.69, 9.17) is 0 Å². The maximum atomic E-state index is 12.9. The second kappa shape index (κ2) is 6.02. The van der Waals surface area contributed by atoms with Gasteiger partial charge in [-0.05, 0) is 50.3 Å². The van der Waals surface area contributed by atoms with E-state index in [-0.39, 0.29) is 41.4 Å². The molecule has 7 heteroatoms. The van der Waals surface area contributed by atoms with Crippen molar-refractivity contribution in [2.24, 2.45) is 23.7 Å². The van der Waals surface area contributed by atoms with Crippen molar-refractivity contribution in [2.75, 3.05) is 5.32 Å². The van der Waals surface area contributed by atoms with Crippen LogP contribution in [0.25, 0.3) is 11.0 Å². The molecule has 1 aromatic heterocycles. The predicted molar refractivity (Wildman–Crippen MR) is 103 cm³/mol. The Morgan fingerprint density at radius 1 is 1.21 bits per heavy atom. The Bertz CT molecular complexity index is 1010. The van der Waals surface area contributed by atoms with Crippen molar-refractivity contribution in [3.63, 3.8) is 0 Å². The minimum absolute atomic E-state index is 0.141. The number of nitrogens with one attached hydrogen (secondary N) is 1. The molecule has 2 aromatic rings. The number of carbonyl (C=O) groups is 3. The van der Waals surface area contributed by atoms with Crippen LogP contribution in [0.4, 0.5) is 5.69 Å². The lowest BCUT2D eigenvalue weighted by molar-refractivity contribution is -0.146. The van der Waals surface area contributed by atoms with E-state index in [1.807, 2.05) is 23.6 Å². The summed E-state index contributed by atoms with van der Waals surface area (Å²) in [5, 5.41) is 2.83. The van der Waals surface area contributed by atoms with Crippen LogP contribution in [0.1, 0.15) is 20.3 Å². The van der Waals surface area contributed by atoms with E-state index in [1.54, 1.807) is 19.3 Å². The molecule has 1 aromatic carbocycles. The summed E-state index contributed by atoms with van der Waals surface area (Å²) in [5.41, 5.74) is 2.39. The van der Waals surface area contributed by atoms with E-state index >= 15 is 0 Å². The van der Waals surface area contributed by atoms with Crippen LogP contribution in [-0.4, -0.2) is 38.2 Å². The zero-order valence-corrected chi connectivity index (χ0v) is 15.8. The Morgan fingerprint density at radius 3 is 2.54 bits per heavy atom. The summed E-state index contributed by atoms with van der Waals surface area (Å²) in [6.07, 6.45) is 6.75. The summed E-state index contributed by atoms with van der Waals surface area (Å²) < 4.78 is 2.02. The number of carbonyl (C=O) groups excluding carboxylic acids is 3. The molecular formula is C21H22N4O3. The number of allylic oxidation sites excluding steroid dienone is 2. The number of benzene rings is 1. The Kier molecular flexibility index (Phi) is 3.69. The zero-order valence-electron chi connectivity index (χ0n) is 15.8. The van der Waals surface area contributed by atoms with Crippen molar-refractivity contribution in [3.05, 3.63) is 36.7 Å². The molecule has 2 bridgehead atoms. The highest BCUT2D eigenvalue weighted by atomic mass is 16.2. The fourth-order valence-corrected chi connectivity index (χ4v) is 5.06. The molecule has 0 spiro atoms. The van der Waals surface area contributed by atoms with E-state index < -0.39 is 6.04 Å². The van der Waals surface area contributed by atoms with Gasteiger partial charge in [0.1, 0.15) is 6.04 Å². The van der Waals surface area contributed by atoms with Crippen LogP contribution in [-0.2, 0) is 20.9 Å². The van der Waals surface area contributed by atoms with Gasteiger partial charge in [0, 0.05) is 12.2 Å². The average Bonchev–Trinajstić information content (AvgIpc) is 3.44. The summed E-state index contributed by atoms with van der Waals surface area (Å²) in [4.78, 5) is 44.1. The molecule has 1 N–H and O–H groups in total.